The van der Waals surface area contributed by atoms with Gasteiger partial charge in [-0.05, 0) is 37.1 Å². The molecule has 1 heterocycles. The Morgan fingerprint density at radius 3 is 2.64 bits per heavy atom. The van der Waals surface area contributed by atoms with Gasteiger partial charge in [-0.2, -0.15) is 18.4 Å². The summed E-state index contributed by atoms with van der Waals surface area (Å²) in [6.07, 6.45) is -3.06. The lowest BCUT2D eigenvalue weighted by Gasteiger charge is -2.24. The lowest BCUT2D eigenvalue weighted by atomic mass is 10.1. The quantitative estimate of drug-likeness (QED) is 0.927. The topological polar surface area (TPSA) is 56.1 Å². The number of rotatable bonds is 4. The van der Waals surface area contributed by atoms with Gasteiger partial charge in [0.2, 0.25) is 5.91 Å². The number of carbonyl (C=O) groups excluding carboxylic acids is 1. The molecule has 0 spiro atoms. The molecule has 1 aromatic carbocycles. The van der Waals surface area contributed by atoms with Gasteiger partial charge in [0.05, 0.1) is 17.7 Å². The van der Waals surface area contributed by atoms with Gasteiger partial charge in [0.15, 0.2) is 0 Å². The highest BCUT2D eigenvalue weighted by atomic mass is 19.4. The van der Waals surface area contributed by atoms with Crippen LogP contribution in [0.3, 0.4) is 0 Å². The molecule has 22 heavy (non-hydrogen) atoms. The summed E-state index contributed by atoms with van der Waals surface area (Å²) in [4.78, 5) is 13.8. The molecule has 1 atom stereocenters. The predicted molar refractivity (Wildman–Crippen MR) is 73.7 cm³/mol. The Kier molecular flexibility index (Phi) is 5.03. The number of alkyl halides is 3. The van der Waals surface area contributed by atoms with Crippen molar-refractivity contribution in [3.8, 4) is 6.07 Å². The van der Waals surface area contributed by atoms with E-state index in [-0.39, 0.29) is 0 Å². The molecule has 1 amide bonds. The summed E-state index contributed by atoms with van der Waals surface area (Å²) >= 11 is 0. The van der Waals surface area contributed by atoms with Gasteiger partial charge >= 0.3 is 6.18 Å². The fourth-order valence-corrected chi connectivity index (χ4v) is 2.54. The van der Waals surface area contributed by atoms with E-state index in [1.807, 2.05) is 16.3 Å². The molecular formula is C15H16F3N3O. The first-order valence-electron chi connectivity index (χ1n) is 6.96. The zero-order valence-corrected chi connectivity index (χ0v) is 11.9. The SMILES string of the molecule is N#Cc1ccc(CN2CCC[C@H]2C(=O)NCC(F)(F)F)cc1. The van der Waals surface area contributed by atoms with Crippen molar-refractivity contribution in [1.29, 1.82) is 5.26 Å². The summed E-state index contributed by atoms with van der Waals surface area (Å²) in [5.74, 6) is -0.580. The average Bonchev–Trinajstić information content (AvgIpc) is 2.93. The molecule has 0 aliphatic carbocycles. The molecule has 1 fully saturated rings. The Labute approximate surface area is 126 Å². The first-order valence-corrected chi connectivity index (χ1v) is 6.96. The van der Waals surface area contributed by atoms with E-state index >= 15 is 0 Å². The first kappa shape index (κ1) is 16.3. The van der Waals surface area contributed by atoms with Crippen molar-refractivity contribution in [2.24, 2.45) is 0 Å². The van der Waals surface area contributed by atoms with Crippen LogP contribution < -0.4 is 5.32 Å². The number of carbonyl (C=O) groups is 1. The minimum atomic E-state index is -4.40. The molecule has 1 aliphatic rings. The summed E-state index contributed by atoms with van der Waals surface area (Å²) in [5, 5.41) is 10.7. The highest BCUT2D eigenvalue weighted by Crippen LogP contribution is 2.21. The highest BCUT2D eigenvalue weighted by Gasteiger charge is 2.33. The minimum Gasteiger partial charge on any atom is -0.346 e. The van der Waals surface area contributed by atoms with Crippen molar-refractivity contribution in [3.63, 3.8) is 0 Å². The van der Waals surface area contributed by atoms with E-state index in [1.165, 1.54) is 0 Å². The van der Waals surface area contributed by atoms with E-state index in [0.29, 0.717) is 25.1 Å². The third-order valence-electron chi connectivity index (χ3n) is 3.60. The van der Waals surface area contributed by atoms with Crippen LogP contribution in [0.15, 0.2) is 24.3 Å². The van der Waals surface area contributed by atoms with E-state index in [0.717, 1.165) is 12.0 Å². The van der Waals surface area contributed by atoms with Crippen molar-refractivity contribution in [1.82, 2.24) is 10.2 Å². The van der Waals surface area contributed by atoms with Crippen molar-refractivity contribution in [2.75, 3.05) is 13.1 Å². The fourth-order valence-electron chi connectivity index (χ4n) is 2.54. The lowest BCUT2D eigenvalue weighted by molar-refractivity contribution is -0.141. The number of nitrogens with zero attached hydrogens (tertiary/aromatic N) is 2. The van der Waals surface area contributed by atoms with Crippen LogP contribution in [-0.4, -0.2) is 36.1 Å². The normalized spacial score (nSPS) is 18.9. The van der Waals surface area contributed by atoms with Gasteiger partial charge in [-0.3, -0.25) is 9.69 Å². The second-order valence-corrected chi connectivity index (χ2v) is 5.27. The van der Waals surface area contributed by atoms with Crippen molar-refractivity contribution >= 4 is 5.91 Å². The highest BCUT2D eigenvalue weighted by molar-refractivity contribution is 5.82. The van der Waals surface area contributed by atoms with Crippen LogP contribution in [0, 0.1) is 11.3 Å². The van der Waals surface area contributed by atoms with Crippen LogP contribution in [-0.2, 0) is 11.3 Å². The number of halogens is 3. The molecule has 1 N–H and O–H groups in total. The van der Waals surface area contributed by atoms with Gasteiger partial charge in [-0.1, -0.05) is 12.1 Å². The zero-order valence-electron chi connectivity index (χ0n) is 11.9. The van der Waals surface area contributed by atoms with E-state index < -0.39 is 24.7 Å². The number of hydrogen-bond donors (Lipinski definition) is 1. The molecule has 0 aromatic heterocycles. The largest absolute Gasteiger partial charge is 0.405 e. The van der Waals surface area contributed by atoms with Gasteiger partial charge in [0.25, 0.3) is 0 Å². The Morgan fingerprint density at radius 2 is 2.05 bits per heavy atom. The summed E-state index contributed by atoms with van der Waals surface area (Å²) < 4.78 is 36.5. The van der Waals surface area contributed by atoms with Crippen LogP contribution >= 0.6 is 0 Å². The molecule has 0 unspecified atom stereocenters. The van der Waals surface area contributed by atoms with Crippen molar-refractivity contribution < 1.29 is 18.0 Å². The van der Waals surface area contributed by atoms with Gasteiger partial charge in [0.1, 0.15) is 6.54 Å². The lowest BCUT2D eigenvalue weighted by Crippen LogP contribution is -2.45. The Morgan fingerprint density at radius 1 is 1.36 bits per heavy atom. The average molecular weight is 311 g/mol. The molecule has 0 radical (unpaired) electrons. The van der Waals surface area contributed by atoms with Crippen molar-refractivity contribution in [2.45, 2.75) is 31.6 Å². The second kappa shape index (κ2) is 6.79. The molecular weight excluding hydrogens is 295 g/mol. The van der Waals surface area contributed by atoms with Gasteiger partial charge in [0, 0.05) is 6.54 Å². The number of amides is 1. The number of likely N-dealkylation sites (tertiary alicyclic amines) is 1. The summed E-state index contributed by atoms with van der Waals surface area (Å²) in [5.41, 5.74) is 1.47. The Bertz CT molecular complexity index is 563. The Hall–Kier alpha value is -2.07. The van der Waals surface area contributed by atoms with E-state index in [2.05, 4.69) is 0 Å². The van der Waals surface area contributed by atoms with Gasteiger partial charge in [-0.15, -0.1) is 0 Å². The maximum absolute atomic E-state index is 12.2. The third-order valence-corrected chi connectivity index (χ3v) is 3.60. The third kappa shape index (κ3) is 4.46. The van der Waals surface area contributed by atoms with Crippen LogP contribution in [0.1, 0.15) is 24.0 Å². The minimum absolute atomic E-state index is 0.482. The summed E-state index contributed by atoms with van der Waals surface area (Å²) in [7, 11) is 0. The number of benzene rings is 1. The molecule has 1 aliphatic heterocycles. The molecule has 1 aromatic rings. The van der Waals surface area contributed by atoms with E-state index in [4.69, 9.17) is 5.26 Å². The maximum atomic E-state index is 12.2. The van der Waals surface area contributed by atoms with Crippen LogP contribution in [0.25, 0.3) is 0 Å². The van der Waals surface area contributed by atoms with Crippen LogP contribution in [0.5, 0.6) is 0 Å². The monoisotopic (exact) mass is 311 g/mol. The van der Waals surface area contributed by atoms with E-state index in [9.17, 15) is 18.0 Å². The van der Waals surface area contributed by atoms with Crippen LogP contribution in [0.2, 0.25) is 0 Å². The first-order chi connectivity index (χ1) is 10.4. The van der Waals surface area contributed by atoms with E-state index in [1.54, 1.807) is 24.3 Å². The predicted octanol–water partition coefficient (Wildman–Crippen LogP) is 2.20. The Balaban J connectivity index is 1.95. The van der Waals surface area contributed by atoms with Gasteiger partial charge < -0.3 is 5.32 Å². The number of hydrogen-bond acceptors (Lipinski definition) is 3. The molecule has 118 valence electrons. The van der Waals surface area contributed by atoms with Crippen LogP contribution in [0.4, 0.5) is 13.2 Å². The molecule has 4 nitrogen and oxygen atoms in total. The molecule has 0 bridgehead atoms. The second-order valence-electron chi connectivity index (χ2n) is 5.27. The van der Waals surface area contributed by atoms with Gasteiger partial charge in [-0.25, -0.2) is 0 Å². The van der Waals surface area contributed by atoms with Crippen molar-refractivity contribution in [3.05, 3.63) is 35.4 Å². The molecule has 7 heteroatoms. The smallest absolute Gasteiger partial charge is 0.346 e. The maximum Gasteiger partial charge on any atom is 0.405 e. The number of nitrogens with one attached hydrogen (secondary N) is 1. The molecule has 2 rings (SSSR count). The zero-order chi connectivity index (χ0) is 16.2. The number of nitriles is 1. The molecule has 0 saturated carbocycles. The molecule has 1 saturated heterocycles. The summed E-state index contributed by atoms with van der Waals surface area (Å²) in [6.45, 7) is -0.146. The standard InChI is InChI=1S/C15H16F3N3O/c16-15(17,18)10-20-14(22)13-2-1-7-21(13)9-12-5-3-11(8-19)4-6-12/h3-6,13H,1-2,7,9-10H2,(H,20,22)/t13-/m0/s1. The summed E-state index contributed by atoms with van der Waals surface area (Å²) in [6, 6.07) is 8.45. The fraction of sp³-hybridized carbons (Fsp3) is 0.467.